The summed E-state index contributed by atoms with van der Waals surface area (Å²) in [6, 6.07) is 8.67. The lowest BCUT2D eigenvalue weighted by Gasteiger charge is -2.27. The van der Waals surface area contributed by atoms with Crippen molar-refractivity contribution >= 4 is 12.4 Å². The van der Waals surface area contributed by atoms with Crippen molar-refractivity contribution in [1.82, 2.24) is 0 Å². The topological polar surface area (TPSA) is 35.2 Å². The van der Waals surface area contributed by atoms with E-state index in [9.17, 15) is 0 Å². The van der Waals surface area contributed by atoms with Crippen LogP contribution in [0.4, 0.5) is 0 Å². The van der Waals surface area contributed by atoms with Gasteiger partial charge >= 0.3 is 0 Å². The second-order valence-corrected chi connectivity index (χ2v) is 4.37. The molecule has 2 unspecified atom stereocenters. The number of nitrogens with two attached hydrogens (primary N) is 1. The predicted octanol–water partition coefficient (Wildman–Crippen LogP) is 3.10. The van der Waals surface area contributed by atoms with Crippen LogP contribution in [0.2, 0.25) is 0 Å². The van der Waals surface area contributed by atoms with Crippen LogP contribution in [0.25, 0.3) is 0 Å². The highest BCUT2D eigenvalue weighted by Crippen LogP contribution is 2.36. The van der Waals surface area contributed by atoms with Crippen LogP contribution in [0.1, 0.15) is 37.2 Å². The van der Waals surface area contributed by atoms with Crippen molar-refractivity contribution in [3.63, 3.8) is 0 Å². The van der Waals surface area contributed by atoms with E-state index in [4.69, 9.17) is 10.5 Å². The molecule has 3 heteroatoms. The summed E-state index contributed by atoms with van der Waals surface area (Å²) < 4.78 is 5.39. The maximum Gasteiger partial charge on any atom is 0.122 e. The van der Waals surface area contributed by atoms with Crippen molar-refractivity contribution < 1.29 is 4.74 Å². The standard InChI is InChI=1S/C13H19NO.ClH/c1-15-13-8-3-2-7-12(13)10-5-4-6-11(14)9-10;/h2-3,7-8,10-11H,4-6,9,14H2,1H3;1H. The normalized spacial score (nSPS) is 24.6. The van der Waals surface area contributed by atoms with E-state index in [1.165, 1.54) is 24.8 Å². The molecule has 1 aliphatic carbocycles. The summed E-state index contributed by atoms with van der Waals surface area (Å²) in [7, 11) is 1.74. The monoisotopic (exact) mass is 241 g/mol. The van der Waals surface area contributed by atoms with Crippen LogP contribution in [0, 0.1) is 0 Å². The number of ether oxygens (including phenoxy) is 1. The molecular weight excluding hydrogens is 222 g/mol. The Labute approximate surface area is 104 Å². The fourth-order valence-electron chi connectivity index (χ4n) is 2.51. The van der Waals surface area contributed by atoms with Crippen molar-refractivity contribution in [1.29, 1.82) is 0 Å². The van der Waals surface area contributed by atoms with Gasteiger partial charge in [-0.05, 0) is 36.8 Å². The van der Waals surface area contributed by atoms with Gasteiger partial charge in [-0.2, -0.15) is 0 Å². The second-order valence-electron chi connectivity index (χ2n) is 4.37. The Morgan fingerprint density at radius 1 is 1.25 bits per heavy atom. The molecule has 0 heterocycles. The van der Waals surface area contributed by atoms with E-state index in [-0.39, 0.29) is 12.4 Å². The Bertz CT molecular complexity index is 329. The first-order valence-electron chi connectivity index (χ1n) is 5.69. The summed E-state index contributed by atoms with van der Waals surface area (Å²) in [5, 5.41) is 0. The quantitative estimate of drug-likeness (QED) is 0.864. The van der Waals surface area contributed by atoms with E-state index in [0.29, 0.717) is 12.0 Å². The molecule has 0 aromatic heterocycles. The van der Waals surface area contributed by atoms with Crippen molar-refractivity contribution in [2.24, 2.45) is 5.73 Å². The molecule has 0 bridgehead atoms. The van der Waals surface area contributed by atoms with Crippen LogP contribution in [0.3, 0.4) is 0 Å². The van der Waals surface area contributed by atoms with Crippen LogP contribution < -0.4 is 10.5 Å². The van der Waals surface area contributed by atoms with Crippen molar-refractivity contribution in [2.75, 3.05) is 7.11 Å². The lowest BCUT2D eigenvalue weighted by atomic mass is 9.81. The van der Waals surface area contributed by atoms with Gasteiger partial charge in [0.05, 0.1) is 7.11 Å². The predicted molar refractivity (Wildman–Crippen MR) is 69.4 cm³/mol. The SMILES string of the molecule is COc1ccccc1C1CCCC(N)C1.Cl. The summed E-state index contributed by atoms with van der Waals surface area (Å²) in [5.41, 5.74) is 7.34. The molecule has 16 heavy (non-hydrogen) atoms. The molecule has 0 spiro atoms. The highest BCUT2D eigenvalue weighted by molar-refractivity contribution is 5.85. The summed E-state index contributed by atoms with van der Waals surface area (Å²) in [4.78, 5) is 0. The molecule has 0 aliphatic heterocycles. The van der Waals surface area contributed by atoms with Crippen LogP contribution in [0.15, 0.2) is 24.3 Å². The zero-order valence-corrected chi connectivity index (χ0v) is 10.5. The molecule has 1 fully saturated rings. The number of halogens is 1. The van der Waals surface area contributed by atoms with Gasteiger partial charge in [-0.1, -0.05) is 24.6 Å². The minimum atomic E-state index is 0. The first-order valence-corrected chi connectivity index (χ1v) is 5.69. The molecule has 1 aromatic carbocycles. The number of hydrogen-bond acceptors (Lipinski definition) is 2. The molecule has 2 atom stereocenters. The first-order chi connectivity index (χ1) is 7.31. The van der Waals surface area contributed by atoms with E-state index >= 15 is 0 Å². The van der Waals surface area contributed by atoms with E-state index in [1.807, 2.05) is 12.1 Å². The molecule has 0 amide bonds. The van der Waals surface area contributed by atoms with Gasteiger partial charge in [-0.3, -0.25) is 0 Å². The molecule has 90 valence electrons. The summed E-state index contributed by atoms with van der Waals surface area (Å²) in [5.74, 6) is 1.60. The van der Waals surface area contributed by atoms with Gasteiger partial charge in [0.25, 0.3) is 0 Å². The number of hydrogen-bond donors (Lipinski definition) is 1. The highest BCUT2D eigenvalue weighted by Gasteiger charge is 2.22. The Balaban J connectivity index is 0.00000128. The largest absolute Gasteiger partial charge is 0.496 e. The van der Waals surface area contributed by atoms with Crippen molar-refractivity contribution in [3.05, 3.63) is 29.8 Å². The van der Waals surface area contributed by atoms with Crippen LogP contribution in [-0.2, 0) is 0 Å². The third kappa shape index (κ3) is 2.89. The van der Waals surface area contributed by atoms with Gasteiger partial charge in [0, 0.05) is 6.04 Å². The minimum absolute atomic E-state index is 0. The third-order valence-corrected chi connectivity index (χ3v) is 3.29. The van der Waals surface area contributed by atoms with E-state index in [1.54, 1.807) is 7.11 Å². The number of benzene rings is 1. The average molecular weight is 242 g/mol. The lowest BCUT2D eigenvalue weighted by Crippen LogP contribution is -2.26. The van der Waals surface area contributed by atoms with Crippen LogP contribution in [-0.4, -0.2) is 13.2 Å². The lowest BCUT2D eigenvalue weighted by molar-refractivity contribution is 0.367. The van der Waals surface area contributed by atoms with Gasteiger partial charge < -0.3 is 10.5 Å². The summed E-state index contributed by atoms with van der Waals surface area (Å²) in [6.07, 6.45) is 4.75. The maximum absolute atomic E-state index is 6.01. The fourth-order valence-corrected chi connectivity index (χ4v) is 2.51. The Morgan fingerprint density at radius 3 is 2.69 bits per heavy atom. The van der Waals surface area contributed by atoms with Crippen LogP contribution >= 0.6 is 12.4 Å². The zero-order valence-electron chi connectivity index (χ0n) is 9.69. The molecule has 0 radical (unpaired) electrons. The van der Waals surface area contributed by atoms with E-state index in [2.05, 4.69) is 12.1 Å². The number of rotatable bonds is 2. The van der Waals surface area contributed by atoms with Gasteiger partial charge in [-0.25, -0.2) is 0 Å². The second kappa shape index (κ2) is 6.12. The zero-order chi connectivity index (χ0) is 10.7. The number of methoxy groups -OCH3 is 1. The van der Waals surface area contributed by atoms with Gasteiger partial charge in [0.1, 0.15) is 5.75 Å². The molecule has 2 nitrogen and oxygen atoms in total. The van der Waals surface area contributed by atoms with Gasteiger partial charge in [0.2, 0.25) is 0 Å². The van der Waals surface area contributed by atoms with Crippen molar-refractivity contribution in [3.8, 4) is 5.75 Å². The first kappa shape index (κ1) is 13.3. The van der Waals surface area contributed by atoms with Crippen LogP contribution in [0.5, 0.6) is 5.75 Å². The molecular formula is C13H20ClNO. The van der Waals surface area contributed by atoms with Gasteiger partial charge in [-0.15, -0.1) is 12.4 Å². The minimum Gasteiger partial charge on any atom is -0.496 e. The fraction of sp³-hybridized carbons (Fsp3) is 0.538. The Kier molecular flexibility index (Phi) is 5.10. The van der Waals surface area contributed by atoms with Gasteiger partial charge in [0.15, 0.2) is 0 Å². The summed E-state index contributed by atoms with van der Waals surface area (Å²) >= 11 is 0. The van der Waals surface area contributed by atoms with Crippen molar-refractivity contribution in [2.45, 2.75) is 37.6 Å². The molecule has 1 aliphatic rings. The Morgan fingerprint density at radius 2 is 2.00 bits per heavy atom. The average Bonchev–Trinajstić information content (AvgIpc) is 2.29. The molecule has 1 aromatic rings. The Hall–Kier alpha value is -0.730. The molecule has 0 saturated heterocycles. The third-order valence-electron chi connectivity index (χ3n) is 3.29. The van der Waals surface area contributed by atoms with E-state index < -0.39 is 0 Å². The molecule has 1 saturated carbocycles. The highest BCUT2D eigenvalue weighted by atomic mass is 35.5. The maximum atomic E-state index is 6.01. The molecule has 2 rings (SSSR count). The summed E-state index contributed by atoms with van der Waals surface area (Å²) in [6.45, 7) is 0. The van der Waals surface area contributed by atoms with E-state index in [0.717, 1.165) is 12.2 Å². The number of para-hydroxylation sites is 1. The molecule has 2 N–H and O–H groups in total. The smallest absolute Gasteiger partial charge is 0.122 e.